The highest BCUT2D eigenvalue weighted by molar-refractivity contribution is 5.76. The van der Waals surface area contributed by atoms with Gasteiger partial charge < -0.3 is 10.6 Å². The molecule has 0 aromatic rings. The zero-order valence-electron chi connectivity index (χ0n) is 14.0. The van der Waals surface area contributed by atoms with E-state index in [1.807, 2.05) is 27.7 Å². The summed E-state index contributed by atoms with van der Waals surface area (Å²) in [5, 5.41) is 5.82. The Morgan fingerprint density at radius 2 is 1.00 bits per heavy atom. The van der Waals surface area contributed by atoms with E-state index in [-0.39, 0.29) is 23.9 Å². The van der Waals surface area contributed by atoms with Gasteiger partial charge in [0.25, 0.3) is 0 Å². The third-order valence-corrected chi connectivity index (χ3v) is 3.12. The Bertz CT molecular complexity index is 271. The fourth-order valence-corrected chi connectivity index (χ4v) is 2.17. The molecule has 118 valence electrons. The Labute approximate surface area is 124 Å². The number of carbonyl (C=O) groups is 2. The summed E-state index contributed by atoms with van der Waals surface area (Å²) in [5.74, 6) is 0.976. The predicted octanol–water partition coefficient (Wildman–Crippen LogP) is 2.87. The minimum atomic E-state index is 0.123. The molecule has 0 radical (unpaired) electrons. The Balaban J connectivity index is 3.85. The highest BCUT2D eigenvalue weighted by Gasteiger charge is 2.14. The lowest BCUT2D eigenvalue weighted by atomic mass is 9.93. The van der Waals surface area contributed by atoms with E-state index < -0.39 is 0 Å². The molecule has 0 rings (SSSR count). The molecule has 4 heteroatoms. The van der Waals surface area contributed by atoms with E-state index in [2.05, 4.69) is 24.5 Å². The van der Waals surface area contributed by atoms with Gasteiger partial charge in [-0.1, -0.05) is 13.8 Å². The molecule has 0 aromatic heterocycles. The topological polar surface area (TPSA) is 58.2 Å². The number of carbonyl (C=O) groups excluding carboxylic acids is 2. The van der Waals surface area contributed by atoms with Crippen molar-refractivity contribution in [1.82, 2.24) is 10.6 Å². The van der Waals surface area contributed by atoms with Crippen LogP contribution in [-0.4, -0.2) is 23.9 Å². The Morgan fingerprint density at radius 3 is 1.25 bits per heavy atom. The normalized spacial score (nSPS) is 14.2. The van der Waals surface area contributed by atoms with Gasteiger partial charge >= 0.3 is 0 Å². The van der Waals surface area contributed by atoms with Gasteiger partial charge in [-0.15, -0.1) is 0 Å². The van der Waals surface area contributed by atoms with E-state index in [0.717, 1.165) is 12.8 Å². The fraction of sp³-hybridized carbons (Fsp3) is 0.875. The van der Waals surface area contributed by atoms with Crippen molar-refractivity contribution >= 4 is 11.8 Å². The van der Waals surface area contributed by atoms with Crippen molar-refractivity contribution in [2.45, 2.75) is 79.3 Å². The fourth-order valence-electron chi connectivity index (χ4n) is 2.17. The molecule has 0 aliphatic rings. The summed E-state index contributed by atoms with van der Waals surface area (Å²) in [6.45, 7) is 12.1. The van der Waals surface area contributed by atoms with E-state index in [4.69, 9.17) is 0 Å². The lowest BCUT2D eigenvalue weighted by Gasteiger charge is -2.17. The molecule has 20 heavy (non-hydrogen) atoms. The maximum Gasteiger partial charge on any atom is 0.220 e. The lowest BCUT2D eigenvalue weighted by Crippen LogP contribution is -2.31. The van der Waals surface area contributed by atoms with Crippen molar-refractivity contribution < 1.29 is 9.59 Å². The molecule has 4 nitrogen and oxygen atoms in total. The predicted molar refractivity (Wildman–Crippen MR) is 83.4 cm³/mol. The maximum absolute atomic E-state index is 11.6. The van der Waals surface area contributed by atoms with E-state index in [0.29, 0.717) is 24.7 Å². The van der Waals surface area contributed by atoms with Gasteiger partial charge in [0.15, 0.2) is 0 Å². The van der Waals surface area contributed by atoms with Gasteiger partial charge in [-0.25, -0.2) is 0 Å². The van der Waals surface area contributed by atoms with Crippen LogP contribution in [0.1, 0.15) is 67.2 Å². The third kappa shape index (κ3) is 10.8. The van der Waals surface area contributed by atoms with Crippen LogP contribution in [-0.2, 0) is 9.59 Å². The average molecular weight is 284 g/mol. The van der Waals surface area contributed by atoms with Crippen molar-refractivity contribution in [3.05, 3.63) is 0 Å². The summed E-state index contributed by atoms with van der Waals surface area (Å²) in [7, 11) is 0. The molecule has 2 amide bonds. The van der Waals surface area contributed by atoms with Crippen LogP contribution in [0.2, 0.25) is 0 Å². The summed E-state index contributed by atoms with van der Waals surface area (Å²) in [5.41, 5.74) is 0. The van der Waals surface area contributed by atoms with Gasteiger partial charge in [0.1, 0.15) is 0 Å². The van der Waals surface area contributed by atoms with Gasteiger partial charge in [-0.05, 0) is 52.4 Å². The van der Waals surface area contributed by atoms with Gasteiger partial charge in [0, 0.05) is 24.9 Å². The van der Waals surface area contributed by atoms with Crippen LogP contribution in [0.5, 0.6) is 0 Å². The summed E-state index contributed by atoms with van der Waals surface area (Å²) >= 11 is 0. The first kappa shape index (κ1) is 18.9. The number of amides is 2. The second-order valence-electron chi connectivity index (χ2n) is 6.64. The van der Waals surface area contributed by atoms with Gasteiger partial charge in [-0.3, -0.25) is 9.59 Å². The summed E-state index contributed by atoms with van der Waals surface area (Å²) in [6, 6.07) is 0.404. The van der Waals surface area contributed by atoms with Gasteiger partial charge in [0.05, 0.1) is 0 Å². The lowest BCUT2D eigenvalue weighted by molar-refractivity contribution is -0.123. The maximum atomic E-state index is 11.6. The van der Waals surface area contributed by atoms with Crippen molar-refractivity contribution in [1.29, 1.82) is 0 Å². The monoisotopic (exact) mass is 284 g/mol. The van der Waals surface area contributed by atoms with Crippen LogP contribution in [0.15, 0.2) is 0 Å². The van der Waals surface area contributed by atoms with Crippen LogP contribution in [0.25, 0.3) is 0 Å². The minimum absolute atomic E-state index is 0.123. The highest BCUT2D eigenvalue weighted by atomic mass is 16.2. The summed E-state index contributed by atoms with van der Waals surface area (Å²) < 4.78 is 0. The van der Waals surface area contributed by atoms with Crippen molar-refractivity contribution in [3.63, 3.8) is 0 Å². The third-order valence-electron chi connectivity index (χ3n) is 3.12. The van der Waals surface area contributed by atoms with E-state index in [9.17, 15) is 9.59 Å². The molecule has 0 aromatic carbocycles. The second kappa shape index (κ2) is 9.78. The molecule has 2 atom stereocenters. The zero-order chi connectivity index (χ0) is 15.7. The summed E-state index contributed by atoms with van der Waals surface area (Å²) in [6.07, 6.45) is 3.12. The minimum Gasteiger partial charge on any atom is -0.354 e. The highest BCUT2D eigenvalue weighted by Crippen LogP contribution is 2.17. The SMILES string of the molecule is CC(CCC(C)CC(=O)NC(C)C)CC(=O)NC(C)C. The van der Waals surface area contributed by atoms with Crippen LogP contribution in [0.3, 0.4) is 0 Å². The number of hydrogen-bond donors (Lipinski definition) is 2. The van der Waals surface area contributed by atoms with Crippen LogP contribution >= 0.6 is 0 Å². The Morgan fingerprint density at radius 1 is 0.700 bits per heavy atom. The number of rotatable bonds is 9. The standard InChI is InChI=1S/C16H32N2O2/c1-11(2)17-15(19)9-13(5)7-8-14(6)10-16(20)18-12(3)4/h11-14H,7-10H2,1-6H3,(H,17,19)(H,18,20). The molecule has 0 aliphatic carbocycles. The molecule has 0 heterocycles. The van der Waals surface area contributed by atoms with Crippen LogP contribution in [0.4, 0.5) is 0 Å². The average Bonchev–Trinajstić information content (AvgIpc) is 2.23. The molecule has 0 aliphatic heterocycles. The van der Waals surface area contributed by atoms with Crippen molar-refractivity contribution in [2.75, 3.05) is 0 Å². The van der Waals surface area contributed by atoms with Crippen LogP contribution < -0.4 is 10.6 Å². The molecule has 0 bridgehead atoms. The first-order valence-electron chi connectivity index (χ1n) is 7.79. The number of nitrogens with one attached hydrogen (secondary N) is 2. The van der Waals surface area contributed by atoms with E-state index in [1.54, 1.807) is 0 Å². The summed E-state index contributed by atoms with van der Waals surface area (Å²) in [4.78, 5) is 23.3. The van der Waals surface area contributed by atoms with Crippen LogP contribution in [0, 0.1) is 11.8 Å². The Hall–Kier alpha value is -1.06. The molecular weight excluding hydrogens is 252 g/mol. The first-order chi connectivity index (χ1) is 9.20. The smallest absolute Gasteiger partial charge is 0.220 e. The molecule has 2 unspecified atom stereocenters. The molecule has 2 N–H and O–H groups in total. The largest absolute Gasteiger partial charge is 0.354 e. The van der Waals surface area contributed by atoms with Crippen molar-refractivity contribution in [3.8, 4) is 0 Å². The molecule has 0 fully saturated rings. The Kier molecular flexibility index (Phi) is 9.26. The molecular formula is C16H32N2O2. The quantitative estimate of drug-likeness (QED) is 0.684. The van der Waals surface area contributed by atoms with Crippen molar-refractivity contribution in [2.24, 2.45) is 11.8 Å². The van der Waals surface area contributed by atoms with E-state index in [1.165, 1.54) is 0 Å². The second-order valence-corrected chi connectivity index (χ2v) is 6.64. The van der Waals surface area contributed by atoms with Gasteiger partial charge in [0.2, 0.25) is 11.8 Å². The zero-order valence-corrected chi connectivity index (χ0v) is 14.0. The van der Waals surface area contributed by atoms with Gasteiger partial charge in [-0.2, -0.15) is 0 Å². The van der Waals surface area contributed by atoms with E-state index >= 15 is 0 Å². The molecule has 0 saturated carbocycles. The number of hydrogen-bond acceptors (Lipinski definition) is 2. The molecule has 0 saturated heterocycles. The molecule has 0 spiro atoms. The first-order valence-corrected chi connectivity index (χ1v) is 7.79.